The first-order chi connectivity index (χ1) is 15.1. The number of carbonyl (C=O) groups excluding carboxylic acids is 1. The lowest BCUT2D eigenvalue weighted by molar-refractivity contribution is 0.103. The van der Waals surface area contributed by atoms with Crippen molar-refractivity contribution < 1.29 is 9.18 Å². The molecule has 31 heavy (non-hydrogen) atoms. The van der Waals surface area contributed by atoms with E-state index >= 15 is 0 Å². The Morgan fingerprint density at radius 1 is 1.16 bits per heavy atom. The van der Waals surface area contributed by atoms with Crippen molar-refractivity contribution in [3.63, 3.8) is 0 Å². The van der Waals surface area contributed by atoms with Gasteiger partial charge in [-0.05, 0) is 55.3 Å². The highest BCUT2D eigenvalue weighted by atomic mass is 32.1. The van der Waals surface area contributed by atoms with E-state index < -0.39 is 5.95 Å². The van der Waals surface area contributed by atoms with Crippen LogP contribution in [0.1, 0.15) is 22.5 Å². The molecule has 0 aliphatic carbocycles. The second-order valence-electron chi connectivity index (χ2n) is 7.37. The fraction of sp³-hybridized carbons (Fsp3) is 0.227. The Morgan fingerprint density at radius 3 is 2.71 bits per heavy atom. The predicted molar refractivity (Wildman–Crippen MR) is 125 cm³/mol. The average Bonchev–Trinajstić information content (AvgIpc) is 3.50. The van der Waals surface area contributed by atoms with E-state index in [1.54, 1.807) is 17.4 Å². The second kappa shape index (κ2) is 8.70. The Kier molecular flexibility index (Phi) is 5.63. The van der Waals surface area contributed by atoms with Crippen molar-refractivity contribution in [1.82, 2.24) is 15.3 Å². The van der Waals surface area contributed by atoms with Crippen LogP contribution in [-0.4, -0.2) is 35.0 Å². The highest BCUT2D eigenvalue weighted by Gasteiger charge is 2.17. The Balaban J connectivity index is 1.22. The summed E-state index contributed by atoms with van der Waals surface area (Å²) in [7, 11) is 0. The highest BCUT2D eigenvalue weighted by Crippen LogP contribution is 2.33. The number of anilines is 2. The molecule has 3 aromatic heterocycles. The van der Waals surface area contributed by atoms with E-state index in [4.69, 9.17) is 0 Å². The van der Waals surface area contributed by atoms with Crippen molar-refractivity contribution in [2.45, 2.75) is 18.9 Å². The number of benzene rings is 1. The number of nitrogens with one attached hydrogen (secondary N) is 3. The van der Waals surface area contributed by atoms with Crippen molar-refractivity contribution in [1.29, 1.82) is 0 Å². The van der Waals surface area contributed by atoms with Crippen LogP contribution in [-0.2, 0) is 0 Å². The lowest BCUT2D eigenvalue weighted by Crippen LogP contribution is -2.29. The quantitative estimate of drug-likeness (QED) is 0.359. The number of amides is 1. The number of thiophene rings is 1. The summed E-state index contributed by atoms with van der Waals surface area (Å²) in [4.78, 5) is 22.5. The summed E-state index contributed by atoms with van der Waals surface area (Å²) >= 11 is 2.97. The van der Waals surface area contributed by atoms with E-state index in [0.29, 0.717) is 16.6 Å². The Hall–Kier alpha value is -2.88. The summed E-state index contributed by atoms with van der Waals surface area (Å²) in [6.07, 6.45) is 3.91. The molecule has 1 fully saturated rings. The molecular weight excluding hydrogens is 433 g/mol. The molecule has 0 spiro atoms. The van der Waals surface area contributed by atoms with Crippen LogP contribution in [0.15, 0.2) is 48.7 Å². The molecular formula is C22H20FN5OS2. The van der Waals surface area contributed by atoms with Crippen LogP contribution in [0.25, 0.3) is 20.7 Å². The SMILES string of the molecule is O=C(Nc1ccc(-c2ccc(F)nc2)cc1)c1cc2sc(NCC3CCCN3)nc2s1. The van der Waals surface area contributed by atoms with Gasteiger partial charge in [0.2, 0.25) is 5.95 Å². The number of pyridine rings is 1. The van der Waals surface area contributed by atoms with Gasteiger partial charge in [-0.2, -0.15) is 4.39 Å². The summed E-state index contributed by atoms with van der Waals surface area (Å²) < 4.78 is 14.0. The first-order valence-corrected chi connectivity index (χ1v) is 11.7. The molecule has 1 unspecified atom stereocenters. The summed E-state index contributed by atoms with van der Waals surface area (Å²) in [6, 6.07) is 12.8. The van der Waals surface area contributed by atoms with Crippen molar-refractivity contribution in [2.24, 2.45) is 0 Å². The molecule has 4 heterocycles. The number of halogens is 1. The lowest BCUT2D eigenvalue weighted by atomic mass is 10.1. The average molecular weight is 454 g/mol. The maximum absolute atomic E-state index is 13.0. The van der Waals surface area contributed by atoms with E-state index in [-0.39, 0.29) is 5.91 Å². The smallest absolute Gasteiger partial charge is 0.265 e. The van der Waals surface area contributed by atoms with Crippen LogP contribution in [0.2, 0.25) is 0 Å². The first kappa shape index (κ1) is 20.0. The molecule has 1 saturated heterocycles. The molecule has 1 amide bonds. The molecule has 1 atom stereocenters. The molecule has 158 valence electrons. The number of nitrogens with zero attached hydrogens (tertiary/aromatic N) is 2. The molecule has 4 aromatic rings. The zero-order valence-corrected chi connectivity index (χ0v) is 18.2. The third kappa shape index (κ3) is 4.58. The number of carbonyl (C=O) groups is 1. The van der Waals surface area contributed by atoms with E-state index in [0.717, 1.165) is 38.9 Å². The van der Waals surface area contributed by atoms with Gasteiger partial charge < -0.3 is 16.0 Å². The molecule has 6 nitrogen and oxygen atoms in total. The largest absolute Gasteiger partial charge is 0.360 e. The molecule has 1 aromatic carbocycles. The zero-order valence-electron chi connectivity index (χ0n) is 16.5. The fourth-order valence-electron chi connectivity index (χ4n) is 3.55. The number of thiazole rings is 1. The van der Waals surface area contributed by atoms with Crippen molar-refractivity contribution in [2.75, 3.05) is 23.7 Å². The van der Waals surface area contributed by atoms with Crippen LogP contribution in [0.5, 0.6) is 0 Å². The van der Waals surface area contributed by atoms with Crippen LogP contribution >= 0.6 is 22.7 Å². The third-order valence-corrected chi connectivity index (χ3v) is 7.30. The second-order valence-corrected chi connectivity index (χ2v) is 9.44. The van der Waals surface area contributed by atoms with Gasteiger partial charge >= 0.3 is 0 Å². The summed E-state index contributed by atoms with van der Waals surface area (Å²) in [5.41, 5.74) is 2.41. The summed E-state index contributed by atoms with van der Waals surface area (Å²) in [5, 5.41) is 10.7. The zero-order chi connectivity index (χ0) is 21.2. The van der Waals surface area contributed by atoms with Crippen LogP contribution in [0.4, 0.5) is 15.2 Å². The topological polar surface area (TPSA) is 78.9 Å². The number of hydrogen-bond donors (Lipinski definition) is 3. The number of fused-ring (bicyclic) bond motifs is 1. The van der Waals surface area contributed by atoms with E-state index in [9.17, 15) is 9.18 Å². The molecule has 0 radical (unpaired) electrons. The maximum Gasteiger partial charge on any atom is 0.265 e. The van der Waals surface area contributed by atoms with Crippen molar-refractivity contribution in [3.8, 4) is 11.1 Å². The van der Waals surface area contributed by atoms with Gasteiger partial charge in [0.1, 0.15) is 4.83 Å². The molecule has 0 bridgehead atoms. The van der Waals surface area contributed by atoms with Crippen molar-refractivity contribution >= 4 is 48.9 Å². The van der Waals surface area contributed by atoms with E-state index in [1.807, 2.05) is 30.3 Å². The van der Waals surface area contributed by atoms with Gasteiger partial charge in [-0.25, -0.2) is 9.97 Å². The Morgan fingerprint density at radius 2 is 2.00 bits per heavy atom. The van der Waals surface area contributed by atoms with Gasteiger partial charge in [0.15, 0.2) is 5.13 Å². The standard InChI is InChI=1S/C22H20FN5OS2/c23-19-8-5-14(11-25-19)13-3-6-15(7-4-13)27-20(29)17-10-18-21(30-17)28-22(31-18)26-12-16-2-1-9-24-16/h3-8,10-11,16,24H,1-2,9,12H2,(H,26,28)(H,27,29). The lowest BCUT2D eigenvalue weighted by Gasteiger charge is -2.09. The molecule has 9 heteroatoms. The fourth-order valence-corrected chi connectivity index (χ4v) is 5.57. The van der Waals surface area contributed by atoms with E-state index in [1.165, 1.54) is 36.4 Å². The predicted octanol–water partition coefficient (Wildman–Crippen LogP) is 4.98. The van der Waals surface area contributed by atoms with Gasteiger partial charge in [-0.15, -0.1) is 11.3 Å². The van der Waals surface area contributed by atoms with Gasteiger partial charge in [0.05, 0.1) is 9.58 Å². The Bertz CT molecular complexity index is 1170. The minimum Gasteiger partial charge on any atom is -0.360 e. The van der Waals surface area contributed by atoms with E-state index in [2.05, 4.69) is 25.9 Å². The number of rotatable bonds is 6. The van der Waals surface area contributed by atoms with Crippen LogP contribution in [0.3, 0.4) is 0 Å². The van der Waals surface area contributed by atoms with Gasteiger partial charge in [0.25, 0.3) is 5.91 Å². The summed E-state index contributed by atoms with van der Waals surface area (Å²) in [5.74, 6) is -0.664. The highest BCUT2D eigenvalue weighted by molar-refractivity contribution is 7.29. The van der Waals surface area contributed by atoms with Gasteiger partial charge in [-0.3, -0.25) is 4.79 Å². The van der Waals surface area contributed by atoms with Crippen LogP contribution in [0, 0.1) is 5.95 Å². The monoisotopic (exact) mass is 453 g/mol. The molecule has 1 aliphatic heterocycles. The third-order valence-electron chi connectivity index (χ3n) is 5.18. The minimum absolute atomic E-state index is 0.156. The normalized spacial score (nSPS) is 16.0. The maximum atomic E-state index is 13.0. The molecule has 1 aliphatic rings. The minimum atomic E-state index is -0.508. The number of aromatic nitrogens is 2. The van der Waals surface area contributed by atoms with Crippen LogP contribution < -0.4 is 16.0 Å². The van der Waals surface area contributed by atoms with Gasteiger partial charge in [0, 0.05) is 30.0 Å². The molecule has 5 rings (SSSR count). The Labute approximate surface area is 186 Å². The number of hydrogen-bond acceptors (Lipinski definition) is 7. The summed E-state index contributed by atoms with van der Waals surface area (Å²) in [6.45, 7) is 1.96. The van der Waals surface area contributed by atoms with Crippen molar-refractivity contribution in [3.05, 3.63) is 59.5 Å². The molecule has 3 N–H and O–H groups in total. The van der Waals surface area contributed by atoms with Gasteiger partial charge in [-0.1, -0.05) is 23.5 Å². The molecule has 0 saturated carbocycles. The first-order valence-electron chi connectivity index (χ1n) is 10.0.